The van der Waals surface area contributed by atoms with E-state index in [9.17, 15) is 4.79 Å². The summed E-state index contributed by atoms with van der Waals surface area (Å²) >= 11 is 1.76. The first-order chi connectivity index (χ1) is 7.91. The van der Waals surface area contributed by atoms with E-state index >= 15 is 0 Å². The van der Waals surface area contributed by atoms with Crippen LogP contribution in [0.25, 0.3) is 0 Å². The van der Waals surface area contributed by atoms with E-state index in [4.69, 9.17) is 5.73 Å². The fraction of sp³-hybridized carbons (Fsp3) is 0.667. The van der Waals surface area contributed by atoms with Crippen LogP contribution in [0.15, 0.2) is 4.79 Å². The largest absolute Gasteiger partial charge is 0.383 e. The Bertz CT molecular complexity index is 426. The first kappa shape index (κ1) is 14.1. The van der Waals surface area contributed by atoms with Crippen LogP contribution in [0.1, 0.15) is 45.0 Å². The molecule has 1 aromatic rings. The number of aromatic amines is 1. The van der Waals surface area contributed by atoms with Crippen molar-refractivity contribution in [2.75, 3.05) is 11.5 Å². The summed E-state index contributed by atoms with van der Waals surface area (Å²) < 4.78 is 0. The van der Waals surface area contributed by atoms with Crippen LogP contribution in [-0.2, 0) is 5.75 Å². The highest BCUT2D eigenvalue weighted by Crippen LogP contribution is 2.17. The molecule has 0 fully saturated rings. The van der Waals surface area contributed by atoms with Crippen LogP contribution in [0, 0.1) is 5.92 Å². The number of rotatable bonds is 5. The molecule has 17 heavy (non-hydrogen) atoms. The van der Waals surface area contributed by atoms with Gasteiger partial charge in [-0.25, -0.2) is 4.98 Å². The zero-order valence-electron chi connectivity index (χ0n) is 10.9. The van der Waals surface area contributed by atoms with Crippen molar-refractivity contribution in [2.24, 2.45) is 5.92 Å². The van der Waals surface area contributed by atoms with Crippen molar-refractivity contribution < 1.29 is 0 Å². The van der Waals surface area contributed by atoms with Gasteiger partial charge < -0.3 is 10.7 Å². The molecule has 4 nitrogen and oxygen atoms in total. The lowest BCUT2D eigenvalue weighted by molar-refractivity contribution is 0.749. The molecule has 0 atom stereocenters. The van der Waals surface area contributed by atoms with E-state index in [-0.39, 0.29) is 11.5 Å². The average molecular weight is 255 g/mol. The number of H-pyrrole nitrogens is 1. The zero-order valence-corrected chi connectivity index (χ0v) is 11.7. The fourth-order valence-corrected chi connectivity index (χ4v) is 2.49. The van der Waals surface area contributed by atoms with Crippen molar-refractivity contribution in [1.29, 1.82) is 0 Å². The predicted octanol–water partition coefficient (Wildman–Crippen LogP) is 2.36. The third-order valence-electron chi connectivity index (χ3n) is 2.30. The van der Waals surface area contributed by atoms with Crippen molar-refractivity contribution in [2.45, 2.75) is 39.4 Å². The smallest absolute Gasteiger partial charge is 0.256 e. The summed E-state index contributed by atoms with van der Waals surface area (Å²) in [5.74, 6) is 3.53. The number of hydrogen-bond acceptors (Lipinski definition) is 4. The van der Waals surface area contributed by atoms with E-state index in [2.05, 4.69) is 23.8 Å². The third kappa shape index (κ3) is 4.07. The van der Waals surface area contributed by atoms with Gasteiger partial charge in [-0.2, -0.15) is 11.8 Å². The molecule has 0 aromatic carbocycles. The van der Waals surface area contributed by atoms with Crippen molar-refractivity contribution >= 4 is 17.6 Å². The summed E-state index contributed by atoms with van der Waals surface area (Å²) in [6.45, 7) is 8.21. The maximum absolute atomic E-state index is 11.8. The van der Waals surface area contributed by atoms with Crippen LogP contribution in [-0.4, -0.2) is 15.7 Å². The normalized spacial score (nSPS) is 11.4. The Morgan fingerprint density at radius 3 is 2.47 bits per heavy atom. The lowest BCUT2D eigenvalue weighted by Gasteiger charge is -2.09. The van der Waals surface area contributed by atoms with Gasteiger partial charge in [0.05, 0.1) is 11.3 Å². The second kappa shape index (κ2) is 6.10. The van der Waals surface area contributed by atoms with Gasteiger partial charge in [0.1, 0.15) is 11.6 Å². The van der Waals surface area contributed by atoms with Gasteiger partial charge in [-0.15, -0.1) is 0 Å². The third-order valence-corrected chi connectivity index (χ3v) is 3.68. The molecule has 0 saturated carbocycles. The van der Waals surface area contributed by atoms with Crippen molar-refractivity contribution in [3.05, 3.63) is 21.7 Å². The molecule has 0 aliphatic carbocycles. The lowest BCUT2D eigenvalue weighted by Crippen LogP contribution is -2.20. The van der Waals surface area contributed by atoms with Gasteiger partial charge in [0.2, 0.25) is 0 Å². The number of aromatic nitrogens is 2. The molecular weight excluding hydrogens is 234 g/mol. The van der Waals surface area contributed by atoms with Gasteiger partial charge >= 0.3 is 0 Å². The van der Waals surface area contributed by atoms with Gasteiger partial charge in [-0.3, -0.25) is 4.79 Å². The number of hydrogen-bond donors (Lipinski definition) is 2. The second-order valence-corrected chi connectivity index (χ2v) is 5.91. The van der Waals surface area contributed by atoms with Crippen LogP contribution < -0.4 is 11.3 Å². The molecule has 0 saturated heterocycles. The number of nitrogens with two attached hydrogens (primary N) is 1. The number of nitrogen functional groups attached to an aromatic ring is 1. The summed E-state index contributed by atoms with van der Waals surface area (Å²) in [4.78, 5) is 18.9. The number of anilines is 1. The van der Waals surface area contributed by atoms with E-state index in [0.717, 1.165) is 5.75 Å². The predicted molar refractivity (Wildman–Crippen MR) is 74.4 cm³/mol. The Morgan fingerprint density at radius 2 is 2.00 bits per heavy atom. The Balaban J connectivity index is 2.80. The summed E-state index contributed by atoms with van der Waals surface area (Å²) in [7, 11) is 0. The molecule has 0 spiro atoms. The zero-order chi connectivity index (χ0) is 13.0. The van der Waals surface area contributed by atoms with E-state index in [1.807, 2.05) is 13.8 Å². The molecule has 0 aliphatic rings. The van der Waals surface area contributed by atoms with Gasteiger partial charge in [-0.1, -0.05) is 27.7 Å². The van der Waals surface area contributed by atoms with Gasteiger partial charge in [-0.05, 0) is 17.6 Å². The topological polar surface area (TPSA) is 71.8 Å². The molecule has 1 rings (SSSR count). The molecular formula is C12H21N3OS. The summed E-state index contributed by atoms with van der Waals surface area (Å²) in [5, 5.41) is 0. The monoisotopic (exact) mass is 255 g/mol. The minimum atomic E-state index is -0.104. The van der Waals surface area contributed by atoms with Crippen molar-refractivity contribution in [3.63, 3.8) is 0 Å². The maximum atomic E-state index is 11.8. The van der Waals surface area contributed by atoms with E-state index in [0.29, 0.717) is 28.9 Å². The van der Waals surface area contributed by atoms with Crippen LogP contribution in [0.3, 0.4) is 0 Å². The average Bonchev–Trinajstić information content (AvgIpc) is 2.14. The van der Waals surface area contributed by atoms with E-state index < -0.39 is 0 Å². The standard InChI is InChI=1S/C12H21N3OS/c1-7(2)5-17-6-9-14-11(13)10(8(3)4)12(16)15-9/h7-8H,5-6H2,1-4H3,(H3,13,14,15,16). The summed E-state index contributed by atoms with van der Waals surface area (Å²) in [6, 6.07) is 0. The Morgan fingerprint density at radius 1 is 1.35 bits per heavy atom. The first-order valence-electron chi connectivity index (χ1n) is 5.88. The summed E-state index contributed by atoms with van der Waals surface area (Å²) in [5.41, 5.74) is 6.30. The van der Waals surface area contributed by atoms with Crippen LogP contribution in [0.2, 0.25) is 0 Å². The van der Waals surface area contributed by atoms with Crippen molar-refractivity contribution in [3.8, 4) is 0 Å². The molecule has 0 radical (unpaired) electrons. The molecule has 0 bridgehead atoms. The molecule has 96 valence electrons. The van der Waals surface area contributed by atoms with E-state index in [1.54, 1.807) is 11.8 Å². The number of thioether (sulfide) groups is 1. The second-order valence-electron chi connectivity index (χ2n) is 4.88. The SMILES string of the molecule is CC(C)CSCc1nc(N)c(C(C)C)c(=O)[nH]1. The van der Waals surface area contributed by atoms with Crippen molar-refractivity contribution in [1.82, 2.24) is 9.97 Å². The van der Waals surface area contributed by atoms with E-state index in [1.165, 1.54) is 0 Å². The minimum Gasteiger partial charge on any atom is -0.383 e. The molecule has 5 heteroatoms. The summed E-state index contributed by atoms with van der Waals surface area (Å²) in [6.07, 6.45) is 0. The number of nitrogens with one attached hydrogen (secondary N) is 1. The first-order valence-corrected chi connectivity index (χ1v) is 7.03. The van der Waals surface area contributed by atoms with Gasteiger partial charge in [0.25, 0.3) is 5.56 Å². The maximum Gasteiger partial charge on any atom is 0.256 e. The van der Waals surface area contributed by atoms with Gasteiger partial charge in [0.15, 0.2) is 0 Å². The van der Waals surface area contributed by atoms with Crippen LogP contribution in [0.5, 0.6) is 0 Å². The molecule has 0 unspecified atom stereocenters. The molecule has 1 heterocycles. The lowest BCUT2D eigenvalue weighted by atomic mass is 10.1. The molecule has 0 aliphatic heterocycles. The molecule has 0 amide bonds. The highest BCUT2D eigenvalue weighted by molar-refractivity contribution is 7.98. The molecule has 3 N–H and O–H groups in total. The van der Waals surface area contributed by atoms with Gasteiger partial charge in [0, 0.05) is 0 Å². The highest BCUT2D eigenvalue weighted by Gasteiger charge is 2.12. The quantitative estimate of drug-likeness (QED) is 0.847. The Hall–Kier alpha value is -0.970. The Kier molecular flexibility index (Phi) is 5.05. The van der Waals surface area contributed by atoms with Crippen LogP contribution >= 0.6 is 11.8 Å². The minimum absolute atomic E-state index is 0.101. The van der Waals surface area contributed by atoms with Crippen LogP contribution in [0.4, 0.5) is 5.82 Å². The number of nitrogens with zero attached hydrogens (tertiary/aromatic N) is 1. The fourth-order valence-electron chi connectivity index (χ4n) is 1.57. The highest BCUT2D eigenvalue weighted by atomic mass is 32.2. The Labute approximate surface area is 106 Å². The molecule has 1 aromatic heterocycles.